The SMILES string of the molecule is [B]C(=O)NCc1cccc(NCCO)c1. The van der Waals surface area contributed by atoms with Crippen LogP contribution >= 0.6 is 0 Å². The molecule has 0 aliphatic heterocycles. The van der Waals surface area contributed by atoms with E-state index in [-0.39, 0.29) is 6.61 Å². The molecule has 4 nitrogen and oxygen atoms in total. The summed E-state index contributed by atoms with van der Waals surface area (Å²) in [4.78, 5) is 10.5. The van der Waals surface area contributed by atoms with Crippen LogP contribution in [-0.4, -0.2) is 31.9 Å². The first-order chi connectivity index (χ1) is 7.22. The van der Waals surface area contributed by atoms with Crippen molar-refractivity contribution in [2.24, 2.45) is 0 Å². The fourth-order valence-corrected chi connectivity index (χ4v) is 1.18. The molecule has 0 aliphatic rings. The molecular weight excluding hydrogens is 191 g/mol. The lowest BCUT2D eigenvalue weighted by Crippen LogP contribution is -2.20. The quantitative estimate of drug-likeness (QED) is 0.611. The normalized spacial score (nSPS) is 9.67. The summed E-state index contributed by atoms with van der Waals surface area (Å²) in [6.07, 6.45) is 0. The van der Waals surface area contributed by atoms with Gasteiger partial charge in [0.15, 0.2) is 5.81 Å². The Balaban J connectivity index is 2.53. The maximum atomic E-state index is 10.5. The van der Waals surface area contributed by atoms with Crippen molar-refractivity contribution in [2.75, 3.05) is 18.5 Å². The maximum Gasteiger partial charge on any atom is 0.200 e. The fraction of sp³-hybridized carbons (Fsp3) is 0.300. The second-order valence-corrected chi connectivity index (χ2v) is 3.07. The second kappa shape index (κ2) is 6.08. The highest BCUT2D eigenvalue weighted by atomic mass is 16.3. The van der Waals surface area contributed by atoms with Crippen LogP contribution in [0.1, 0.15) is 5.56 Å². The maximum absolute atomic E-state index is 10.5. The second-order valence-electron chi connectivity index (χ2n) is 3.07. The van der Waals surface area contributed by atoms with Crippen LogP contribution in [-0.2, 0) is 6.54 Å². The van der Waals surface area contributed by atoms with Crippen molar-refractivity contribution in [3.8, 4) is 0 Å². The third kappa shape index (κ3) is 4.51. The minimum absolute atomic E-state index is 0.0871. The highest BCUT2D eigenvalue weighted by molar-refractivity contribution is 6.57. The first-order valence-corrected chi connectivity index (χ1v) is 4.69. The van der Waals surface area contributed by atoms with Crippen LogP contribution in [0.4, 0.5) is 10.5 Å². The molecular formula is C10H13BN2O2. The van der Waals surface area contributed by atoms with E-state index < -0.39 is 5.81 Å². The van der Waals surface area contributed by atoms with Gasteiger partial charge in [-0.3, -0.25) is 4.79 Å². The molecule has 0 saturated heterocycles. The molecule has 1 aromatic carbocycles. The van der Waals surface area contributed by atoms with Crippen molar-refractivity contribution in [3.63, 3.8) is 0 Å². The van der Waals surface area contributed by atoms with Crippen molar-refractivity contribution in [2.45, 2.75) is 6.54 Å². The summed E-state index contributed by atoms with van der Waals surface area (Å²) in [6, 6.07) is 7.55. The molecule has 78 valence electrons. The van der Waals surface area contributed by atoms with Gasteiger partial charge >= 0.3 is 0 Å². The molecule has 0 aromatic heterocycles. The number of benzene rings is 1. The van der Waals surface area contributed by atoms with Crippen LogP contribution in [0, 0.1) is 0 Å². The number of anilines is 1. The Hall–Kier alpha value is -1.49. The van der Waals surface area contributed by atoms with Crippen LogP contribution in [0.2, 0.25) is 0 Å². The lowest BCUT2D eigenvalue weighted by Gasteiger charge is -2.07. The van der Waals surface area contributed by atoms with Crippen molar-refractivity contribution in [1.29, 1.82) is 0 Å². The van der Waals surface area contributed by atoms with E-state index in [1.54, 1.807) is 0 Å². The van der Waals surface area contributed by atoms with Gasteiger partial charge in [0.25, 0.3) is 0 Å². The Kier molecular flexibility index (Phi) is 4.70. The summed E-state index contributed by atoms with van der Waals surface area (Å²) in [5.41, 5.74) is 1.87. The Morgan fingerprint density at radius 3 is 2.93 bits per heavy atom. The van der Waals surface area contributed by atoms with Crippen LogP contribution in [0.3, 0.4) is 0 Å². The molecule has 5 heteroatoms. The Morgan fingerprint density at radius 1 is 1.47 bits per heavy atom. The number of rotatable bonds is 5. The van der Waals surface area contributed by atoms with Crippen molar-refractivity contribution >= 4 is 19.3 Å². The van der Waals surface area contributed by atoms with E-state index in [0.29, 0.717) is 13.1 Å². The lowest BCUT2D eigenvalue weighted by atomic mass is 10.1. The van der Waals surface area contributed by atoms with Gasteiger partial charge in [0.1, 0.15) is 0 Å². The van der Waals surface area contributed by atoms with Gasteiger partial charge in [-0.15, -0.1) is 0 Å². The first kappa shape index (κ1) is 11.6. The van der Waals surface area contributed by atoms with Crippen LogP contribution in [0.15, 0.2) is 24.3 Å². The molecule has 1 aromatic rings. The minimum Gasteiger partial charge on any atom is -0.395 e. The molecule has 0 spiro atoms. The highest BCUT2D eigenvalue weighted by Gasteiger charge is 1.96. The summed E-state index contributed by atoms with van der Waals surface area (Å²) < 4.78 is 0. The van der Waals surface area contributed by atoms with Gasteiger partial charge in [-0.2, -0.15) is 0 Å². The van der Waals surface area contributed by atoms with Crippen LogP contribution in [0.5, 0.6) is 0 Å². The van der Waals surface area contributed by atoms with Crippen LogP contribution in [0.25, 0.3) is 0 Å². The van der Waals surface area contributed by atoms with E-state index in [0.717, 1.165) is 11.3 Å². The van der Waals surface area contributed by atoms with E-state index in [2.05, 4.69) is 10.6 Å². The number of aliphatic hydroxyl groups is 1. The Bertz CT molecular complexity index is 331. The standard InChI is InChI=1S/C10H13BN2O2/c11-10(15)13-7-8-2-1-3-9(6-8)12-4-5-14/h1-3,6,12,14H,4-5,7H2,(H,13,15). The number of carbonyl (C=O) groups is 1. The van der Waals surface area contributed by atoms with Gasteiger partial charge < -0.3 is 15.7 Å². The number of aliphatic hydroxyl groups excluding tert-OH is 1. The number of hydrogen-bond donors (Lipinski definition) is 3. The summed E-state index contributed by atoms with van der Waals surface area (Å²) >= 11 is 0. The number of nitrogens with one attached hydrogen (secondary N) is 2. The largest absolute Gasteiger partial charge is 0.395 e. The summed E-state index contributed by atoms with van der Waals surface area (Å²) in [7, 11) is 4.96. The molecule has 0 unspecified atom stereocenters. The van der Waals surface area contributed by atoms with Gasteiger partial charge in [0.05, 0.1) is 6.61 Å². The topological polar surface area (TPSA) is 61.4 Å². The highest BCUT2D eigenvalue weighted by Crippen LogP contribution is 2.09. The van der Waals surface area contributed by atoms with E-state index in [1.807, 2.05) is 24.3 Å². The smallest absolute Gasteiger partial charge is 0.200 e. The van der Waals surface area contributed by atoms with Gasteiger partial charge in [-0.05, 0) is 17.7 Å². The molecule has 0 heterocycles. The third-order valence-corrected chi connectivity index (χ3v) is 1.83. The van der Waals surface area contributed by atoms with E-state index in [1.165, 1.54) is 0 Å². The molecule has 0 aliphatic carbocycles. The zero-order chi connectivity index (χ0) is 11.1. The first-order valence-electron chi connectivity index (χ1n) is 4.69. The number of carbonyl (C=O) groups excluding carboxylic acids is 1. The number of hydrogen-bond acceptors (Lipinski definition) is 3. The zero-order valence-corrected chi connectivity index (χ0v) is 8.36. The van der Waals surface area contributed by atoms with Gasteiger partial charge in [0, 0.05) is 18.8 Å². The van der Waals surface area contributed by atoms with Crippen LogP contribution < -0.4 is 10.6 Å². The van der Waals surface area contributed by atoms with E-state index >= 15 is 0 Å². The molecule has 15 heavy (non-hydrogen) atoms. The average molecular weight is 204 g/mol. The van der Waals surface area contributed by atoms with Crippen molar-refractivity contribution in [3.05, 3.63) is 29.8 Å². The minimum atomic E-state index is -0.538. The molecule has 0 atom stereocenters. The molecule has 1 amide bonds. The van der Waals surface area contributed by atoms with Gasteiger partial charge in [-0.25, -0.2) is 0 Å². The predicted octanol–water partition coefficient (Wildman–Crippen LogP) is 0.469. The molecule has 3 N–H and O–H groups in total. The molecule has 0 saturated carbocycles. The van der Waals surface area contributed by atoms with Crippen molar-refractivity contribution in [1.82, 2.24) is 5.32 Å². The lowest BCUT2D eigenvalue weighted by molar-refractivity contribution is 0.259. The zero-order valence-electron chi connectivity index (χ0n) is 8.36. The van der Waals surface area contributed by atoms with Gasteiger partial charge in [0.2, 0.25) is 7.85 Å². The molecule has 2 radical (unpaired) electrons. The van der Waals surface area contributed by atoms with E-state index in [4.69, 9.17) is 13.0 Å². The van der Waals surface area contributed by atoms with E-state index in [9.17, 15) is 4.79 Å². The fourth-order valence-electron chi connectivity index (χ4n) is 1.18. The molecule has 1 rings (SSSR count). The third-order valence-electron chi connectivity index (χ3n) is 1.83. The monoisotopic (exact) mass is 204 g/mol. The predicted molar refractivity (Wildman–Crippen MR) is 60.0 cm³/mol. The number of amides is 1. The molecule has 0 fully saturated rings. The molecule has 0 bridgehead atoms. The average Bonchev–Trinajstić information content (AvgIpc) is 2.24. The Labute approximate surface area is 90.1 Å². The Morgan fingerprint density at radius 2 is 2.27 bits per heavy atom. The summed E-state index contributed by atoms with van der Waals surface area (Å²) in [6.45, 7) is 1.00. The summed E-state index contributed by atoms with van der Waals surface area (Å²) in [5, 5.41) is 14.2. The summed E-state index contributed by atoms with van der Waals surface area (Å²) in [5.74, 6) is -0.538. The van der Waals surface area contributed by atoms with Gasteiger partial charge in [-0.1, -0.05) is 12.1 Å². The van der Waals surface area contributed by atoms with Crippen molar-refractivity contribution < 1.29 is 9.90 Å².